The van der Waals surface area contributed by atoms with Gasteiger partial charge in [0, 0.05) is 30.7 Å². The SMILES string of the molecule is CCNc1ccnc(CN2CCc3ccc(F)cc32)c1. The molecule has 0 unspecified atom stereocenters. The van der Waals surface area contributed by atoms with Crippen molar-refractivity contribution in [3.8, 4) is 0 Å². The maximum atomic E-state index is 13.4. The maximum absolute atomic E-state index is 13.4. The smallest absolute Gasteiger partial charge is 0.125 e. The standard InChI is InChI=1S/C16H18FN3/c1-2-18-14-5-7-19-15(10-14)11-20-8-6-12-3-4-13(17)9-16(12)20/h3-5,7,9-10H,2,6,8,11H2,1H3,(H,18,19). The third-order valence-electron chi connectivity index (χ3n) is 3.59. The normalized spacial score (nSPS) is 13.4. The molecule has 0 saturated carbocycles. The van der Waals surface area contributed by atoms with E-state index in [2.05, 4.69) is 28.2 Å². The summed E-state index contributed by atoms with van der Waals surface area (Å²) in [7, 11) is 0. The molecule has 1 aromatic carbocycles. The second-order valence-electron chi connectivity index (χ2n) is 5.01. The number of halogens is 1. The van der Waals surface area contributed by atoms with Gasteiger partial charge in [-0.2, -0.15) is 0 Å². The van der Waals surface area contributed by atoms with E-state index in [1.807, 2.05) is 18.3 Å². The van der Waals surface area contributed by atoms with Crippen molar-refractivity contribution in [2.75, 3.05) is 23.3 Å². The van der Waals surface area contributed by atoms with Gasteiger partial charge in [-0.25, -0.2) is 4.39 Å². The van der Waals surface area contributed by atoms with E-state index >= 15 is 0 Å². The highest BCUT2D eigenvalue weighted by Gasteiger charge is 2.20. The van der Waals surface area contributed by atoms with Crippen LogP contribution in [-0.4, -0.2) is 18.1 Å². The molecule has 0 spiro atoms. The summed E-state index contributed by atoms with van der Waals surface area (Å²) in [5.41, 5.74) is 4.30. The molecular weight excluding hydrogens is 253 g/mol. The van der Waals surface area contributed by atoms with Gasteiger partial charge in [0.15, 0.2) is 0 Å². The minimum atomic E-state index is -0.176. The first kappa shape index (κ1) is 12.9. The van der Waals surface area contributed by atoms with E-state index < -0.39 is 0 Å². The van der Waals surface area contributed by atoms with E-state index in [1.54, 1.807) is 6.07 Å². The van der Waals surface area contributed by atoms with Crippen LogP contribution in [0, 0.1) is 5.82 Å². The van der Waals surface area contributed by atoms with Crippen LogP contribution in [0.25, 0.3) is 0 Å². The summed E-state index contributed by atoms with van der Waals surface area (Å²) in [4.78, 5) is 6.60. The maximum Gasteiger partial charge on any atom is 0.125 e. The van der Waals surface area contributed by atoms with E-state index in [1.165, 1.54) is 11.6 Å². The molecule has 3 nitrogen and oxygen atoms in total. The summed E-state index contributed by atoms with van der Waals surface area (Å²) >= 11 is 0. The zero-order chi connectivity index (χ0) is 13.9. The Balaban J connectivity index is 1.80. The Kier molecular flexibility index (Phi) is 3.54. The number of nitrogens with zero attached hydrogens (tertiary/aromatic N) is 2. The average molecular weight is 271 g/mol. The molecule has 0 amide bonds. The van der Waals surface area contributed by atoms with Crippen molar-refractivity contribution in [3.05, 3.63) is 53.6 Å². The lowest BCUT2D eigenvalue weighted by Gasteiger charge is -2.19. The molecule has 0 atom stereocenters. The van der Waals surface area contributed by atoms with E-state index in [4.69, 9.17) is 0 Å². The third kappa shape index (κ3) is 2.59. The van der Waals surface area contributed by atoms with Crippen LogP contribution in [0.3, 0.4) is 0 Å². The first-order valence-electron chi connectivity index (χ1n) is 6.98. The Labute approximate surface area is 118 Å². The Morgan fingerprint density at radius 3 is 3.05 bits per heavy atom. The molecule has 1 aliphatic heterocycles. The summed E-state index contributed by atoms with van der Waals surface area (Å²) in [5.74, 6) is -0.176. The minimum Gasteiger partial charge on any atom is -0.385 e. The molecule has 1 aromatic heterocycles. The number of nitrogens with one attached hydrogen (secondary N) is 1. The topological polar surface area (TPSA) is 28.2 Å². The average Bonchev–Trinajstić information content (AvgIpc) is 2.82. The van der Waals surface area contributed by atoms with Crippen LogP contribution in [-0.2, 0) is 13.0 Å². The molecule has 2 aromatic rings. The Morgan fingerprint density at radius 1 is 1.30 bits per heavy atom. The fraction of sp³-hybridized carbons (Fsp3) is 0.312. The van der Waals surface area contributed by atoms with Crippen LogP contribution in [0.15, 0.2) is 36.5 Å². The molecule has 3 rings (SSSR count). The van der Waals surface area contributed by atoms with Gasteiger partial charge in [-0.3, -0.25) is 4.98 Å². The van der Waals surface area contributed by atoms with Crippen LogP contribution >= 0.6 is 0 Å². The molecule has 1 N–H and O–H groups in total. The highest BCUT2D eigenvalue weighted by molar-refractivity contribution is 5.58. The fourth-order valence-electron chi connectivity index (χ4n) is 2.66. The summed E-state index contributed by atoms with van der Waals surface area (Å²) in [6.45, 7) is 4.60. The number of hydrogen-bond acceptors (Lipinski definition) is 3. The van der Waals surface area contributed by atoms with Crippen molar-refractivity contribution in [2.24, 2.45) is 0 Å². The lowest BCUT2D eigenvalue weighted by Crippen LogP contribution is -2.20. The minimum absolute atomic E-state index is 0.176. The number of aromatic nitrogens is 1. The lowest BCUT2D eigenvalue weighted by atomic mass is 10.2. The molecule has 1 aliphatic rings. The van der Waals surface area contributed by atoms with Crippen molar-refractivity contribution in [2.45, 2.75) is 19.9 Å². The van der Waals surface area contributed by atoms with Crippen molar-refractivity contribution in [3.63, 3.8) is 0 Å². The molecule has 2 heterocycles. The van der Waals surface area contributed by atoms with Gasteiger partial charge < -0.3 is 10.2 Å². The molecule has 0 fully saturated rings. The predicted octanol–water partition coefficient (Wildman–Crippen LogP) is 3.22. The fourth-order valence-corrected chi connectivity index (χ4v) is 2.66. The van der Waals surface area contributed by atoms with Crippen LogP contribution in [0.5, 0.6) is 0 Å². The monoisotopic (exact) mass is 271 g/mol. The molecule has 0 radical (unpaired) electrons. The van der Waals surface area contributed by atoms with Crippen LogP contribution in [0.1, 0.15) is 18.2 Å². The predicted molar refractivity (Wildman–Crippen MR) is 79.6 cm³/mol. The Hall–Kier alpha value is -2.10. The summed E-state index contributed by atoms with van der Waals surface area (Å²) in [6, 6.07) is 9.06. The zero-order valence-electron chi connectivity index (χ0n) is 11.6. The zero-order valence-corrected chi connectivity index (χ0v) is 11.6. The number of fused-ring (bicyclic) bond motifs is 1. The van der Waals surface area contributed by atoms with Gasteiger partial charge in [0.2, 0.25) is 0 Å². The molecule has 4 heteroatoms. The van der Waals surface area contributed by atoms with Gasteiger partial charge in [-0.1, -0.05) is 6.07 Å². The summed E-state index contributed by atoms with van der Waals surface area (Å²) in [5, 5.41) is 3.28. The lowest BCUT2D eigenvalue weighted by molar-refractivity contribution is 0.627. The highest BCUT2D eigenvalue weighted by atomic mass is 19.1. The summed E-state index contributed by atoms with van der Waals surface area (Å²) in [6.07, 6.45) is 2.79. The molecule has 104 valence electrons. The molecule has 0 aliphatic carbocycles. The number of hydrogen-bond donors (Lipinski definition) is 1. The van der Waals surface area contributed by atoms with Gasteiger partial charge in [0.25, 0.3) is 0 Å². The van der Waals surface area contributed by atoms with Crippen molar-refractivity contribution < 1.29 is 4.39 Å². The van der Waals surface area contributed by atoms with Gasteiger partial charge in [-0.15, -0.1) is 0 Å². The molecule has 0 saturated heterocycles. The molecular formula is C16H18FN3. The van der Waals surface area contributed by atoms with E-state index in [0.29, 0.717) is 0 Å². The van der Waals surface area contributed by atoms with E-state index in [-0.39, 0.29) is 5.82 Å². The number of anilines is 2. The second kappa shape index (κ2) is 5.49. The Morgan fingerprint density at radius 2 is 2.20 bits per heavy atom. The number of rotatable bonds is 4. The quantitative estimate of drug-likeness (QED) is 0.925. The van der Waals surface area contributed by atoms with Gasteiger partial charge >= 0.3 is 0 Å². The third-order valence-corrected chi connectivity index (χ3v) is 3.59. The number of pyridine rings is 1. The van der Waals surface area contributed by atoms with Crippen LogP contribution < -0.4 is 10.2 Å². The van der Waals surface area contributed by atoms with E-state index in [9.17, 15) is 4.39 Å². The van der Waals surface area contributed by atoms with E-state index in [0.717, 1.165) is 43.1 Å². The largest absolute Gasteiger partial charge is 0.385 e. The van der Waals surface area contributed by atoms with Gasteiger partial charge in [0.1, 0.15) is 5.82 Å². The van der Waals surface area contributed by atoms with Crippen molar-refractivity contribution in [1.82, 2.24) is 4.98 Å². The van der Waals surface area contributed by atoms with Gasteiger partial charge in [0.05, 0.1) is 12.2 Å². The first-order chi connectivity index (χ1) is 9.76. The molecule has 20 heavy (non-hydrogen) atoms. The van der Waals surface area contributed by atoms with Gasteiger partial charge in [-0.05, 0) is 43.2 Å². The van der Waals surface area contributed by atoms with Crippen LogP contribution in [0.4, 0.5) is 15.8 Å². The Bertz CT molecular complexity index is 612. The van der Waals surface area contributed by atoms with Crippen LogP contribution in [0.2, 0.25) is 0 Å². The first-order valence-corrected chi connectivity index (χ1v) is 6.98. The number of benzene rings is 1. The molecule has 0 bridgehead atoms. The van der Waals surface area contributed by atoms with Crippen molar-refractivity contribution >= 4 is 11.4 Å². The van der Waals surface area contributed by atoms with Crippen molar-refractivity contribution in [1.29, 1.82) is 0 Å². The highest BCUT2D eigenvalue weighted by Crippen LogP contribution is 2.29. The summed E-state index contributed by atoms with van der Waals surface area (Å²) < 4.78 is 13.4. The second-order valence-corrected chi connectivity index (χ2v) is 5.01.